The summed E-state index contributed by atoms with van der Waals surface area (Å²) >= 11 is 0. The zero-order chi connectivity index (χ0) is 22.3. The van der Waals surface area contributed by atoms with Crippen LogP contribution in [0.3, 0.4) is 0 Å². The topological polar surface area (TPSA) is 122 Å². The Bertz CT molecular complexity index is 934. The number of ether oxygens (including phenoxy) is 1. The van der Waals surface area contributed by atoms with E-state index in [0.717, 1.165) is 5.56 Å². The van der Waals surface area contributed by atoms with Gasteiger partial charge in [-0.15, -0.1) is 0 Å². The van der Waals surface area contributed by atoms with Crippen molar-refractivity contribution in [3.63, 3.8) is 0 Å². The van der Waals surface area contributed by atoms with Crippen molar-refractivity contribution >= 4 is 23.9 Å². The van der Waals surface area contributed by atoms with Crippen LogP contribution in [0.2, 0.25) is 0 Å². The maximum Gasteiger partial charge on any atom is 0.408 e. The van der Waals surface area contributed by atoms with Gasteiger partial charge in [0.1, 0.15) is 11.6 Å². The lowest BCUT2D eigenvalue weighted by atomic mass is 10.0. The fraction of sp³-hybridized carbons (Fsp3) is 0.273. The quantitative estimate of drug-likeness (QED) is 0.671. The Kier molecular flexibility index (Phi) is 7.30. The molecule has 0 radical (unpaired) electrons. The first-order valence-electron chi connectivity index (χ1n) is 9.27. The van der Waals surface area contributed by atoms with Crippen LogP contribution in [0.15, 0.2) is 54.6 Å². The second-order valence-electron chi connectivity index (χ2n) is 7.59. The summed E-state index contributed by atoms with van der Waals surface area (Å²) in [5.41, 5.74) is -0.0545. The van der Waals surface area contributed by atoms with Gasteiger partial charge >= 0.3 is 12.1 Å². The molecule has 1 atom stereocenters. The molecule has 2 aromatic rings. The Balaban J connectivity index is 2.16. The molecule has 3 amide bonds. The van der Waals surface area contributed by atoms with E-state index in [1.165, 1.54) is 24.3 Å². The lowest BCUT2D eigenvalue weighted by molar-refractivity contribution is -0.122. The first kappa shape index (κ1) is 22.6. The summed E-state index contributed by atoms with van der Waals surface area (Å²) in [7, 11) is 0. The SMILES string of the molecule is CC(C)(C)OC(=O)N[C@@H](Cc1ccccc1)C(=O)NC(=O)c1cccc(C(=O)O)c1. The van der Waals surface area contributed by atoms with E-state index in [1.807, 2.05) is 6.07 Å². The molecule has 0 aliphatic carbocycles. The lowest BCUT2D eigenvalue weighted by Crippen LogP contribution is -2.50. The second-order valence-corrected chi connectivity index (χ2v) is 7.59. The number of hydrogen-bond donors (Lipinski definition) is 3. The number of carbonyl (C=O) groups is 4. The van der Waals surface area contributed by atoms with Crippen molar-refractivity contribution in [3.8, 4) is 0 Å². The number of aromatic carboxylic acids is 1. The molecule has 0 aromatic heterocycles. The van der Waals surface area contributed by atoms with Crippen LogP contribution in [0.4, 0.5) is 4.79 Å². The van der Waals surface area contributed by atoms with Crippen LogP contribution >= 0.6 is 0 Å². The van der Waals surface area contributed by atoms with E-state index < -0.39 is 35.5 Å². The van der Waals surface area contributed by atoms with Crippen LogP contribution in [-0.4, -0.2) is 40.6 Å². The van der Waals surface area contributed by atoms with E-state index in [9.17, 15) is 19.2 Å². The standard InChI is InChI=1S/C22H24N2O6/c1-22(2,3)30-21(29)23-17(12-14-8-5-4-6-9-14)19(26)24-18(25)15-10-7-11-16(13-15)20(27)28/h4-11,13,17H,12H2,1-3H3,(H,23,29)(H,27,28)(H,24,25,26)/t17-/m0/s1. The number of hydrogen-bond acceptors (Lipinski definition) is 5. The predicted octanol–water partition coefficient (Wildman–Crippen LogP) is 2.78. The summed E-state index contributed by atoms with van der Waals surface area (Å²) in [4.78, 5) is 48.4. The molecule has 0 saturated carbocycles. The molecule has 8 nitrogen and oxygen atoms in total. The molecule has 8 heteroatoms. The third-order valence-corrected chi connectivity index (χ3v) is 3.90. The Morgan fingerprint density at radius 3 is 2.20 bits per heavy atom. The minimum Gasteiger partial charge on any atom is -0.478 e. The van der Waals surface area contributed by atoms with Crippen LogP contribution in [-0.2, 0) is 16.0 Å². The molecule has 0 bridgehead atoms. The van der Waals surface area contributed by atoms with Crippen LogP contribution in [0.5, 0.6) is 0 Å². The Hall–Kier alpha value is -3.68. The lowest BCUT2D eigenvalue weighted by Gasteiger charge is -2.23. The maximum absolute atomic E-state index is 12.7. The van der Waals surface area contributed by atoms with Gasteiger partial charge < -0.3 is 15.2 Å². The molecule has 0 fully saturated rings. The maximum atomic E-state index is 12.7. The van der Waals surface area contributed by atoms with Crippen molar-refractivity contribution < 1.29 is 29.0 Å². The second kappa shape index (κ2) is 9.69. The highest BCUT2D eigenvalue weighted by atomic mass is 16.6. The molecule has 0 spiro atoms. The molecule has 2 rings (SSSR count). The summed E-state index contributed by atoms with van der Waals surface area (Å²) in [5.74, 6) is -2.70. The van der Waals surface area contributed by atoms with E-state index in [0.29, 0.717) is 0 Å². The van der Waals surface area contributed by atoms with Crippen molar-refractivity contribution in [3.05, 3.63) is 71.3 Å². The minimum absolute atomic E-state index is 0.0129. The van der Waals surface area contributed by atoms with Gasteiger partial charge in [0.05, 0.1) is 5.56 Å². The summed E-state index contributed by atoms with van der Waals surface area (Å²) in [5, 5.41) is 13.8. The minimum atomic E-state index is -1.19. The van der Waals surface area contributed by atoms with Gasteiger partial charge in [-0.05, 0) is 44.5 Å². The zero-order valence-electron chi connectivity index (χ0n) is 17.0. The van der Waals surface area contributed by atoms with Crippen molar-refractivity contribution in [2.75, 3.05) is 0 Å². The third-order valence-electron chi connectivity index (χ3n) is 3.90. The van der Waals surface area contributed by atoms with Crippen molar-refractivity contribution in [1.82, 2.24) is 10.6 Å². The molecule has 0 heterocycles. The first-order valence-corrected chi connectivity index (χ1v) is 9.27. The van der Waals surface area contributed by atoms with Crippen molar-refractivity contribution in [2.24, 2.45) is 0 Å². The average Bonchev–Trinajstić information content (AvgIpc) is 2.66. The molecule has 0 saturated heterocycles. The van der Waals surface area contributed by atoms with Crippen LogP contribution in [0.25, 0.3) is 0 Å². The Morgan fingerprint density at radius 1 is 0.967 bits per heavy atom. The summed E-state index contributed by atoms with van der Waals surface area (Å²) in [6, 6.07) is 13.2. The summed E-state index contributed by atoms with van der Waals surface area (Å²) in [6.45, 7) is 5.08. The van der Waals surface area contributed by atoms with Gasteiger partial charge in [0, 0.05) is 12.0 Å². The molecule has 3 N–H and O–H groups in total. The van der Waals surface area contributed by atoms with E-state index in [-0.39, 0.29) is 17.5 Å². The van der Waals surface area contributed by atoms with E-state index in [4.69, 9.17) is 9.84 Å². The normalized spacial score (nSPS) is 11.8. The number of carboxylic acids is 1. The highest BCUT2D eigenvalue weighted by molar-refractivity contribution is 6.07. The number of alkyl carbamates (subject to hydrolysis) is 1. The average molecular weight is 412 g/mol. The van der Waals surface area contributed by atoms with Crippen molar-refractivity contribution in [2.45, 2.75) is 38.8 Å². The fourth-order valence-electron chi connectivity index (χ4n) is 2.57. The number of nitrogens with one attached hydrogen (secondary N) is 2. The fourth-order valence-corrected chi connectivity index (χ4v) is 2.57. The van der Waals surface area contributed by atoms with Gasteiger partial charge in [0.2, 0.25) is 5.91 Å². The number of carboxylic acid groups (broad SMARTS) is 1. The van der Waals surface area contributed by atoms with Gasteiger partial charge in [-0.1, -0.05) is 36.4 Å². The van der Waals surface area contributed by atoms with Gasteiger partial charge in [0.25, 0.3) is 5.91 Å². The van der Waals surface area contributed by atoms with E-state index in [1.54, 1.807) is 45.0 Å². The van der Waals surface area contributed by atoms with Gasteiger partial charge in [0.15, 0.2) is 0 Å². The number of amides is 3. The highest BCUT2D eigenvalue weighted by Crippen LogP contribution is 2.10. The molecule has 0 unspecified atom stereocenters. The highest BCUT2D eigenvalue weighted by Gasteiger charge is 2.26. The molecular weight excluding hydrogens is 388 g/mol. The molecule has 30 heavy (non-hydrogen) atoms. The predicted molar refractivity (Wildman–Crippen MR) is 109 cm³/mol. The molecule has 0 aliphatic rings. The van der Waals surface area contributed by atoms with Crippen molar-refractivity contribution in [1.29, 1.82) is 0 Å². The molecule has 158 valence electrons. The van der Waals surface area contributed by atoms with Crippen LogP contribution < -0.4 is 10.6 Å². The number of benzene rings is 2. The number of carbonyl (C=O) groups excluding carboxylic acids is 3. The zero-order valence-corrected chi connectivity index (χ0v) is 17.0. The number of imide groups is 1. The molecule has 0 aliphatic heterocycles. The van der Waals surface area contributed by atoms with Gasteiger partial charge in [-0.25, -0.2) is 9.59 Å². The first-order chi connectivity index (χ1) is 14.0. The Morgan fingerprint density at radius 2 is 1.60 bits per heavy atom. The molecular formula is C22H24N2O6. The summed E-state index contributed by atoms with van der Waals surface area (Å²) in [6.07, 6.45) is -0.659. The third kappa shape index (κ3) is 7.05. The van der Waals surface area contributed by atoms with E-state index >= 15 is 0 Å². The monoisotopic (exact) mass is 412 g/mol. The van der Waals surface area contributed by atoms with Crippen LogP contribution in [0.1, 0.15) is 47.1 Å². The van der Waals surface area contributed by atoms with Crippen LogP contribution in [0, 0.1) is 0 Å². The van der Waals surface area contributed by atoms with Gasteiger partial charge in [-0.2, -0.15) is 0 Å². The smallest absolute Gasteiger partial charge is 0.408 e. The van der Waals surface area contributed by atoms with E-state index in [2.05, 4.69) is 10.6 Å². The van der Waals surface area contributed by atoms with Gasteiger partial charge in [-0.3, -0.25) is 14.9 Å². The molecule has 2 aromatic carbocycles. The number of rotatable bonds is 6. The largest absolute Gasteiger partial charge is 0.478 e. The summed E-state index contributed by atoms with van der Waals surface area (Å²) < 4.78 is 5.21. The Labute approximate surface area is 174 Å².